The van der Waals surface area contributed by atoms with E-state index in [1.807, 2.05) is 0 Å². The van der Waals surface area contributed by atoms with E-state index in [1.165, 1.54) is 12.7 Å². The van der Waals surface area contributed by atoms with E-state index >= 15 is 0 Å². The Morgan fingerprint density at radius 2 is 2.04 bits per heavy atom. The van der Waals surface area contributed by atoms with E-state index in [-0.39, 0.29) is 31.5 Å². The maximum atomic E-state index is 12.3. The minimum absolute atomic E-state index is 0.237. The SMILES string of the molecule is CC(C)CCCCCP(=O)(O)CO[C@H](CO)Cn1cnc2c(N)ncnc21. The molecule has 0 aromatic carbocycles. The van der Waals surface area contributed by atoms with Gasteiger partial charge in [-0.15, -0.1) is 0 Å². The fourth-order valence-electron chi connectivity index (χ4n) is 2.79. The average Bonchev–Trinajstić information content (AvgIpc) is 3.02. The Labute approximate surface area is 159 Å². The lowest BCUT2D eigenvalue weighted by Crippen LogP contribution is -2.24. The molecular formula is C17H30N5O4P. The Balaban J connectivity index is 1.83. The van der Waals surface area contributed by atoms with Crippen LogP contribution in [-0.4, -0.2) is 54.7 Å². The molecule has 2 atom stereocenters. The molecule has 9 nitrogen and oxygen atoms in total. The first-order chi connectivity index (χ1) is 12.8. The number of anilines is 1. The van der Waals surface area contributed by atoms with Gasteiger partial charge in [-0.2, -0.15) is 0 Å². The quantitative estimate of drug-likeness (QED) is 0.365. The van der Waals surface area contributed by atoms with E-state index in [2.05, 4.69) is 28.8 Å². The fraction of sp³-hybridized carbons (Fsp3) is 0.706. The van der Waals surface area contributed by atoms with Gasteiger partial charge in [0.2, 0.25) is 7.37 Å². The number of fused-ring (bicyclic) bond motifs is 1. The van der Waals surface area contributed by atoms with Crippen LogP contribution in [-0.2, 0) is 15.8 Å². The summed E-state index contributed by atoms with van der Waals surface area (Å²) in [5.41, 5.74) is 6.76. The summed E-state index contributed by atoms with van der Waals surface area (Å²) >= 11 is 0. The topological polar surface area (TPSA) is 136 Å². The van der Waals surface area contributed by atoms with Gasteiger partial charge >= 0.3 is 0 Å². The third-order valence-electron chi connectivity index (χ3n) is 4.33. The number of hydrogen-bond donors (Lipinski definition) is 3. The second-order valence-corrected chi connectivity index (χ2v) is 9.64. The molecule has 0 saturated heterocycles. The summed E-state index contributed by atoms with van der Waals surface area (Å²) in [6, 6.07) is 0. The summed E-state index contributed by atoms with van der Waals surface area (Å²) in [5.74, 6) is 0.928. The number of unbranched alkanes of at least 4 members (excludes halogenated alkanes) is 2. The number of aliphatic hydroxyl groups excluding tert-OH is 1. The first-order valence-corrected chi connectivity index (χ1v) is 11.3. The number of rotatable bonds is 12. The molecule has 0 aliphatic carbocycles. The molecule has 0 saturated carbocycles. The van der Waals surface area contributed by atoms with Gasteiger partial charge in [0.15, 0.2) is 11.5 Å². The highest BCUT2D eigenvalue weighted by Crippen LogP contribution is 2.41. The van der Waals surface area contributed by atoms with Crippen LogP contribution in [0, 0.1) is 5.92 Å². The second-order valence-electron chi connectivity index (χ2n) is 7.24. The standard InChI is InChI=1S/C17H30N5O4P/c1-13(2)6-4-3-5-7-27(24,25)12-26-14(9-23)8-22-11-21-15-16(18)19-10-20-17(15)22/h10-11,13-14,23H,3-9,12H2,1-2H3,(H,24,25)(H2,18,19,20)/t14-/m0/s1. The molecule has 0 aliphatic rings. The summed E-state index contributed by atoms with van der Waals surface area (Å²) in [6.07, 6.45) is 6.04. The summed E-state index contributed by atoms with van der Waals surface area (Å²) in [6.45, 7) is 4.31. The van der Waals surface area contributed by atoms with Crippen LogP contribution in [0.2, 0.25) is 0 Å². The Bertz CT molecular complexity index is 767. The number of nitrogens with two attached hydrogens (primary N) is 1. The number of hydrogen-bond acceptors (Lipinski definition) is 7. The fourth-order valence-corrected chi connectivity index (χ4v) is 4.08. The summed E-state index contributed by atoms with van der Waals surface area (Å²) in [5, 5.41) is 9.56. The monoisotopic (exact) mass is 399 g/mol. The number of aliphatic hydroxyl groups is 1. The zero-order valence-electron chi connectivity index (χ0n) is 16.0. The molecule has 0 bridgehead atoms. The van der Waals surface area contributed by atoms with E-state index in [0.29, 0.717) is 23.5 Å². The minimum Gasteiger partial charge on any atom is -0.394 e. The molecule has 0 amide bonds. The van der Waals surface area contributed by atoms with Crippen LogP contribution in [0.5, 0.6) is 0 Å². The van der Waals surface area contributed by atoms with Gasteiger partial charge in [-0.25, -0.2) is 15.0 Å². The molecule has 1 unspecified atom stereocenters. The maximum Gasteiger partial charge on any atom is 0.225 e. The Morgan fingerprint density at radius 1 is 1.26 bits per heavy atom. The predicted molar refractivity (Wildman–Crippen MR) is 105 cm³/mol. The summed E-state index contributed by atoms with van der Waals surface area (Å²) in [7, 11) is -3.37. The van der Waals surface area contributed by atoms with Gasteiger partial charge in [-0.1, -0.05) is 33.1 Å². The van der Waals surface area contributed by atoms with E-state index in [1.54, 1.807) is 4.57 Å². The molecular weight excluding hydrogens is 369 g/mol. The van der Waals surface area contributed by atoms with E-state index in [9.17, 15) is 14.6 Å². The van der Waals surface area contributed by atoms with Crippen LogP contribution in [0.3, 0.4) is 0 Å². The molecule has 0 fully saturated rings. The molecule has 27 heavy (non-hydrogen) atoms. The molecule has 0 aliphatic heterocycles. The molecule has 152 valence electrons. The van der Waals surface area contributed by atoms with Crippen molar-refractivity contribution in [3.63, 3.8) is 0 Å². The number of ether oxygens (including phenoxy) is 1. The van der Waals surface area contributed by atoms with Crippen molar-refractivity contribution in [2.75, 3.05) is 24.9 Å². The lowest BCUT2D eigenvalue weighted by molar-refractivity contribution is 0.0236. The van der Waals surface area contributed by atoms with Gasteiger partial charge in [-0.3, -0.25) is 4.57 Å². The van der Waals surface area contributed by atoms with Crippen LogP contribution >= 0.6 is 7.37 Å². The molecule has 2 heterocycles. The Morgan fingerprint density at radius 3 is 2.74 bits per heavy atom. The van der Waals surface area contributed by atoms with Gasteiger partial charge in [-0.05, 0) is 12.3 Å². The van der Waals surface area contributed by atoms with Crippen LogP contribution in [0.4, 0.5) is 5.82 Å². The Hall–Kier alpha value is -1.54. The van der Waals surface area contributed by atoms with Crippen molar-refractivity contribution < 1.29 is 19.3 Å². The molecule has 2 aromatic heterocycles. The first-order valence-electron chi connectivity index (χ1n) is 9.27. The van der Waals surface area contributed by atoms with Gasteiger partial charge in [0.25, 0.3) is 0 Å². The van der Waals surface area contributed by atoms with Crippen molar-refractivity contribution in [3.8, 4) is 0 Å². The highest BCUT2D eigenvalue weighted by atomic mass is 31.2. The van der Waals surface area contributed by atoms with Crippen molar-refractivity contribution >= 4 is 24.4 Å². The van der Waals surface area contributed by atoms with Crippen molar-refractivity contribution in [2.45, 2.75) is 52.2 Å². The van der Waals surface area contributed by atoms with Gasteiger partial charge in [0.1, 0.15) is 18.2 Å². The maximum absolute atomic E-state index is 12.3. The summed E-state index contributed by atoms with van der Waals surface area (Å²) in [4.78, 5) is 22.3. The lowest BCUT2D eigenvalue weighted by Gasteiger charge is -2.19. The smallest absolute Gasteiger partial charge is 0.225 e. The number of nitrogens with zero attached hydrogens (tertiary/aromatic N) is 4. The van der Waals surface area contributed by atoms with Crippen molar-refractivity contribution in [3.05, 3.63) is 12.7 Å². The number of nitrogen functional groups attached to an aromatic ring is 1. The number of imidazole rings is 1. The zero-order valence-corrected chi connectivity index (χ0v) is 16.9. The molecule has 0 radical (unpaired) electrons. The molecule has 4 N–H and O–H groups in total. The third-order valence-corrected chi connectivity index (χ3v) is 5.90. The van der Waals surface area contributed by atoms with Crippen LogP contribution < -0.4 is 5.73 Å². The highest BCUT2D eigenvalue weighted by Gasteiger charge is 2.21. The summed E-state index contributed by atoms with van der Waals surface area (Å²) < 4.78 is 19.5. The van der Waals surface area contributed by atoms with Crippen LogP contribution in [0.15, 0.2) is 12.7 Å². The third kappa shape index (κ3) is 6.84. The van der Waals surface area contributed by atoms with E-state index < -0.39 is 13.5 Å². The van der Waals surface area contributed by atoms with E-state index in [4.69, 9.17) is 10.5 Å². The van der Waals surface area contributed by atoms with Gasteiger partial charge in [0.05, 0.1) is 25.6 Å². The first kappa shape index (κ1) is 21.8. The molecule has 10 heteroatoms. The lowest BCUT2D eigenvalue weighted by atomic mass is 10.1. The van der Waals surface area contributed by atoms with Crippen molar-refractivity contribution in [1.82, 2.24) is 19.5 Å². The Kier molecular flexibility index (Phi) is 8.16. The van der Waals surface area contributed by atoms with Gasteiger partial charge < -0.3 is 25.0 Å². The van der Waals surface area contributed by atoms with E-state index in [0.717, 1.165) is 19.3 Å². The van der Waals surface area contributed by atoms with Crippen molar-refractivity contribution in [2.24, 2.45) is 5.92 Å². The number of aromatic nitrogens is 4. The normalized spacial score (nSPS) is 15.3. The van der Waals surface area contributed by atoms with Crippen LogP contribution in [0.1, 0.15) is 39.5 Å². The molecule has 2 aromatic rings. The highest BCUT2D eigenvalue weighted by molar-refractivity contribution is 7.57. The van der Waals surface area contributed by atoms with Crippen molar-refractivity contribution in [1.29, 1.82) is 0 Å². The molecule has 2 rings (SSSR count). The predicted octanol–water partition coefficient (Wildman–Crippen LogP) is 2.23. The average molecular weight is 399 g/mol. The largest absolute Gasteiger partial charge is 0.394 e. The minimum atomic E-state index is -3.37. The molecule has 0 spiro atoms. The van der Waals surface area contributed by atoms with Crippen LogP contribution in [0.25, 0.3) is 11.2 Å². The second kappa shape index (κ2) is 10.1. The zero-order chi connectivity index (χ0) is 19.9. The van der Waals surface area contributed by atoms with Gasteiger partial charge in [0, 0.05) is 6.16 Å².